The highest BCUT2D eigenvalue weighted by atomic mass is 16.5. The van der Waals surface area contributed by atoms with Gasteiger partial charge in [-0.15, -0.1) is 0 Å². The van der Waals surface area contributed by atoms with Gasteiger partial charge >= 0.3 is 0 Å². The van der Waals surface area contributed by atoms with Crippen LogP contribution in [0.3, 0.4) is 0 Å². The fraction of sp³-hybridized carbons (Fsp3) is 0.500. The fourth-order valence-corrected chi connectivity index (χ4v) is 6.84. The number of nitriles is 1. The first-order valence-electron chi connectivity index (χ1n) is 11.8. The number of allylic oxidation sites excluding steroid dienone is 2. The van der Waals surface area contributed by atoms with Crippen LogP contribution in [0, 0.1) is 18.3 Å². The number of phenolic OH excluding ortho intramolecular Hbond substituents is 1. The number of nitrogens with zero attached hydrogens (tertiary/aromatic N) is 3. The quantitative estimate of drug-likeness (QED) is 0.617. The van der Waals surface area contributed by atoms with Crippen molar-refractivity contribution in [3.63, 3.8) is 0 Å². The lowest BCUT2D eigenvalue weighted by Gasteiger charge is -2.60. The third-order valence-corrected chi connectivity index (χ3v) is 8.29. The van der Waals surface area contributed by atoms with Crippen LogP contribution in [0.2, 0.25) is 0 Å². The van der Waals surface area contributed by atoms with Crippen molar-refractivity contribution in [2.75, 3.05) is 27.8 Å². The van der Waals surface area contributed by atoms with Crippen LogP contribution in [0.4, 0.5) is 0 Å². The maximum atomic E-state index is 13.4. The zero-order valence-electron chi connectivity index (χ0n) is 20.6. The molecular weight excluding hydrogens is 448 g/mol. The van der Waals surface area contributed by atoms with Crippen molar-refractivity contribution in [2.45, 2.75) is 56.9 Å². The van der Waals surface area contributed by atoms with Gasteiger partial charge in [-0.3, -0.25) is 19.4 Å². The number of piperazine rings is 1. The SMILES string of the molecule is COC1=C(C)C(=O)C2=C(C1=O)[C@H](CN)N1C(C2)[C@H]2c3c(cc(C)c(OC)c3O)C[C@@H]([C@@H]1C#N)N2C. The van der Waals surface area contributed by atoms with Gasteiger partial charge in [-0.2, -0.15) is 5.26 Å². The largest absolute Gasteiger partial charge is 0.504 e. The highest BCUT2D eigenvalue weighted by molar-refractivity contribution is 6.25. The first-order valence-corrected chi connectivity index (χ1v) is 11.8. The van der Waals surface area contributed by atoms with E-state index in [-0.39, 0.29) is 59.7 Å². The highest BCUT2D eigenvalue weighted by Crippen LogP contribution is 2.53. The summed E-state index contributed by atoms with van der Waals surface area (Å²) in [5, 5.41) is 21.6. The number of fused-ring (bicyclic) bond motifs is 6. The molecule has 9 nitrogen and oxygen atoms in total. The minimum Gasteiger partial charge on any atom is -0.504 e. The molecule has 3 N–H and O–H groups in total. The summed E-state index contributed by atoms with van der Waals surface area (Å²) < 4.78 is 10.8. The first kappa shape index (κ1) is 23.5. The molecule has 184 valence electrons. The van der Waals surface area contributed by atoms with Crippen molar-refractivity contribution in [1.82, 2.24) is 9.80 Å². The van der Waals surface area contributed by atoms with Gasteiger partial charge in [-0.25, -0.2) is 0 Å². The topological polar surface area (TPSA) is 129 Å². The third-order valence-electron chi connectivity index (χ3n) is 8.29. The molecular formula is C26H30N4O5. The maximum absolute atomic E-state index is 13.4. The number of benzene rings is 1. The van der Waals surface area contributed by atoms with E-state index in [0.717, 1.165) is 16.7 Å². The summed E-state index contributed by atoms with van der Waals surface area (Å²) in [5.74, 6) is -0.0230. The molecule has 1 fully saturated rings. The molecule has 2 bridgehead atoms. The van der Waals surface area contributed by atoms with E-state index in [9.17, 15) is 20.0 Å². The van der Waals surface area contributed by atoms with E-state index >= 15 is 0 Å². The predicted molar refractivity (Wildman–Crippen MR) is 127 cm³/mol. The molecule has 0 spiro atoms. The molecule has 1 aromatic rings. The number of ether oxygens (including phenoxy) is 2. The molecule has 1 unspecified atom stereocenters. The number of hydrogen-bond acceptors (Lipinski definition) is 9. The Morgan fingerprint density at radius 1 is 1.17 bits per heavy atom. The Kier molecular flexibility index (Phi) is 5.51. The molecule has 3 heterocycles. The third kappa shape index (κ3) is 2.97. The van der Waals surface area contributed by atoms with Gasteiger partial charge in [0, 0.05) is 40.9 Å². The second kappa shape index (κ2) is 8.19. The number of aromatic hydroxyl groups is 1. The molecule has 1 aromatic carbocycles. The Balaban J connectivity index is 1.74. The molecule has 1 saturated heterocycles. The minimum absolute atomic E-state index is 0.0386. The summed E-state index contributed by atoms with van der Waals surface area (Å²) in [7, 11) is 4.86. The highest BCUT2D eigenvalue weighted by Gasteiger charge is 2.57. The Morgan fingerprint density at radius 2 is 1.89 bits per heavy atom. The summed E-state index contributed by atoms with van der Waals surface area (Å²) in [6.45, 7) is 3.56. The van der Waals surface area contributed by atoms with Crippen molar-refractivity contribution < 1.29 is 24.2 Å². The van der Waals surface area contributed by atoms with Crippen LogP contribution in [0.1, 0.15) is 36.1 Å². The number of carbonyl (C=O) groups is 2. The van der Waals surface area contributed by atoms with Crippen molar-refractivity contribution in [3.05, 3.63) is 45.2 Å². The lowest BCUT2D eigenvalue weighted by atomic mass is 9.69. The van der Waals surface area contributed by atoms with Gasteiger partial charge in [-0.1, -0.05) is 6.07 Å². The summed E-state index contributed by atoms with van der Waals surface area (Å²) in [4.78, 5) is 31.0. The fourth-order valence-electron chi connectivity index (χ4n) is 6.84. The van der Waals surface area contributed by atoms with E-state index in [1.54, 1.807) is 6.92 Å². The van der Waals surface area contributed by atoms with Crippen molar-refractivity contribution in [1.29, 1.82) is 5.26 Å². The number of methoxy groups -OCH3 is 2. The number of nitrogens with two attached hydrogens (primary N) is 1. The van der Waals surface area contributed by atoms with Gasteiger partial charge in [0.2, 0.25) is 5.78 Å². The Hall–Kier alpha value is -3.19. The summed E-state index contributed by atoms with van der Waals surface area (Å²) in [6.07, 6.45) is 0.820. The number of rotatable bonds is 3. The van der Waals surface area contributed by atoms with E-state index in [0.29, 0.717) is 23.3 Å². The normalized spacial score (nSPS) is 30.5. The molecule has 9 heteroatoms. The number of Topliss-reactive ketones (excluding diaryl/α,β-unsaturated/α-hetero) is 2. The second-order valence-electron chi connectivity index (χ2n) is 9.78. The summed E-state index contributed by atoms with van der Waals surface area (Å²) in [5.41, 5.74) is 9.84. The van der Waals surface area contributed by atoms with Crippen LogP contribution < -0.4 is 10.5 Å². The number of likely N-dealkylation sites (N-methyl/N-ethyl adjacent to an activating group) is 1. The van der Waals surface area contributed by atoms with Gasteiger partial charge in [0.1, 0.15) is 6.04 Å². The molecule has 0 amide bonds. The van der Waals surface area contributed by atoms with E-state index in [4.69, 9.17) is 15.2 Å². The number of phenols is 1. The van der Waals surface area contributed by atoms with Crippen LogP contribution in [0.25, 0.3) is 0 Å². The summed E-state index contributed by atoms with van der Waals surface area (Å²) in [6, 6.07) is 2.48. The summed E-state index contributed by atoms with van der Waals surface area (Å²) >= 11 is 0. The Morgan fingerprint density at radius 3 is 2.49 bits per heavy atom. The molecule has 5 rings (SSSR count). The second-order valence-corrected chi connectivity index (χ2v) is 9.78. The van der Waals surface area contributed by atoms with Crippen LogP contribution >= 0.6 is 0 Å². The van der Waals surface area contributed by atoms with E-state index in [1.807, 2.05) is 24.9 Å². The van der Waals surface area contributed by atoms with Crippen LogP contribution in [-0.2, 0) is 20.7 Å². The van der Waals surface area contributed by atoms with Gasteiger partial charge < -0.3 is 20.3 Å². The average molecular weight is 479 g/mol. The number of carbonyl (C=O) groups excluding carboxylic acids is 2. The standard InChI is InChI=1S/C26H30N4O5/c1-11-6-13-7-15-17(9-27)30-16(21(29(15)3)19(13)23(32)25(11)34-4)8-14-20(18(30)10-28)24(33)26(35-5)12(2)22(14)31/h6,15-18,21,32H,7-8,10,28H2,1-5H3/t15-,16?,17-,18-,21-/m0/s1. The maximum Gasteiger partial charge on any atom is 0.225 e. The lowest BCUT2D eigenvalue weighted by Crippen LogP contribution is -2.71. The molecule has 0 aromatic heterocycles. The van der Waals surface area contributed by atoms with E-state index in [2.05, 4.69) is 11.0 Å². The van der Waals surface area contributed by atoms with Crippen molar-refractivity contribution in [3.8, 4) is 17.6 Å². The zero-order chi connectivity index (χ0) is 25.3. The molecule has 0 radical (unpaired) electrons. The smallest absolute Gasteiger partial charge is 0.225 e. The molecule has 0 saturated carbocycles. The van der Waals surface area contributed by atoms with Crippen molar-refractivity contribution >= 4 is 11.6 Å². The predicted octanol–water partition coefficient (Wildman–Crippen LogP) is 1.28. The number of aryl methyl sites for hydroxylation is 1. The Labute approximate surface area is 204 Å². The van der Waals surface area contributed by atoms with Crippen molar-refractivity contribution in [2.24, 2.45) is 5.73 Å². The number of ketones is 2. The molecule has 35 heavy (non-hydrogen) atoms. The molecule has 4 aliphatic rings. The molecule has 1 aliphatic carbocycles. The zero-order valence-corrected chi connectivity index (χ0v) is 20.6. The van der Waals surface area contributed by atoms with E-state index < -0.39 is 12.1 Å². The number of hydrogen-bond donors (Lipinski definition) is 2. The monoisotopic (exact) mass is 478 g/mol. The first-order chi connectivity index (χ1) is 16.7. The Bertz CT molecular complexity index is 1260. The average Bonchev–Trinajstić information content (AvgIpc) is 2.83. The van der Waals surface area contributed by atoms with E-state index in [1.165, 1.54) is 14.2 Å². The molecule has 3 aliphatic heterocycles. The molecule has 5 atom stereocenters. The van der Waals surface area contributed by atoms with Gasteiger partial charge in [0.15, 0.2) is 23.0 Å². The van der Waals surface area contributed by atoms with Gasteiger partial charge in [-0.05, 0) is 44.9 Å². The lowest BCUT2D eigenvalue weighted by molar-refractivity contribution is -0.122. The van der Waals surface area contributed by atoms with Gasteiger partial charge in [0.25, 0.3) is 0 Å². The van der Waals surface area contributed by atoms with Crippen LogP contribution in [-0.4, -0.2) is 78.5 Å². The van der Waals surface area contributed by atoms with Crippen LogP contribution in [0.5, 0.6) is 11.5 Å². The van der Waals surface area contributed by atoms with Crippen LogP contribution in [0.15, 0.2) is 28.5 Å². The minimum atomic E-state index is -0.613. The van der Waals surface area contributed by atoms with Gasteiger partial charge in [0.05, 0.1) is 32.4 Å².